The summed E-state index contributed by atoms with van der Waals surface area (Å²) < 4.78 is 2.03. The van der Waals surface area contributed by atoms with E-state index in [2.05, 4.69) is 57.6 Å². The van der Waals surface area contributed by atoms with Crippen molar-refractivity contribution in [1.29, 1.82) is 0 Å². The van der Waals surface area contributed by atoms with Crippen molar-refractivity contribution in [3.63, 3.8) is 0 Å². The molecule has 0 atom stereocenters. The summed E-state index contributed by atoms with van der Waals surface area (Å²) in [7, 11) is 2.00. The van der Waals surface area contributed by atoms with Gasteiger partial charge in [0.1, 0.15) is 0 Å². The number of hydrogen-bond acceptors (Lipinski definition) is 4. The third kappa shape index (κ3) is 2.90. The number of thioether (sulfide) groups is 1. The first-order valence-electron chi connectivity index (χ1n) is 7.71. The molecule has 2 heterocycles. The number of fused-ring (bicyclic) bond motifs is 1. The van der Waals surface area contributed by atoms with E-state index in [1.165, 1.54) is 16.3 Å². The molecule has 0 unspecified atom stereocenters. The molecule has 2 aromatic heterocycles. The van der Waals surface area contributed by atoms with Gasteiger partial charge in [0.2, 0.25) is 0 Å². The summed E-state index contributed by atoms with van der Waals surface area (Å²) in [6.45, 7) is 0. The molecule has 4 rings (SSSR count). The van der Waals surface area contributed by atoms with Gasteiger partial charge in [-0.15, -0.1) is 10.2 Å². The number of nitrogens with zero attached hydrogens (tertiary/aromatic N) is 4. The van der Waals surface area contributed by atoms with Gasteiger partial charge in [-0.1, -0.05) is 54.2 Å². The quantitative estimate of drug-likeness (QED) is 0.522. The predicted octanol–water partition coefficient (Wildman–Crippen LogP) is 4.32. The third-order valence-electron chi connectivity index (χ3n) is 3.96. The van der Waals surface area contributed by atoms with Gasteiger partial charge in [-0.05, 0) is 28.5 Å². The molecular formula is C19H16N4S. The van der Waals surface area contributed by atoms with E-state index >= 15 is 0 Å². The summed E-state index contributed by atoms with van der Waals surface area (Å²) in [4.78, 5) is 4.05. The molecule has 24 heavy (non-hydrogen) atoms. The van der Waals surface area contributed by atoms with Crippen LogP contribution in [0.15, 0.2) is 72.1 Å². The molecule has 0 fully saturated rings. The van der Waals surface area contributed by atoms with E-state index in [4.69, 9.17) is 0 Å². The zero-order valence-electron chi connectivity index (χ0n) is 13.3. The van der Waals surface area contributed by atoms with Crippen LogP contribution >= 0.6 is 11.8 Å². The Labute approximate surface area is 144 Å². The first-order chi connectivity index (χ1) is 11.8. The Morgan fingerprint density at radius 2 is 1.71 bits per heavy atom. The molecule has 0 N–H and O–H groups in total. The van der Waals surface area contributed by atoms with Crippen LogP contribution in [0, 0.1) is 0 Å². The maximum absolute atomic E-state index is 4.33. The second-order valence-corrected chi connectivity index (χ2v) is 6.51. The number of aromatic nitrogens is 4. The summed E-state index contributed by atoms with van der Waals surface area (Å²) in [6.07, 6.45) is 3.54. The van der Waals surface area contributed by atoms with E-state index in [0.29, 0.717) is 0 Å². The third-order valence-corrected chi connectivity index (χ3v) is 5.05. The standard InChI is InChI=1S/C19H16N4S/c1-23-18(16-8-10-20-11-9-16)21-22-19(23)24-13-14-6-7-15-4-2-3-5-17(15)12-14/h2-12H,13H2,1H3. The van der Waals surface area contributed by atoms with E-state index in [0.717, 1.165) is 22.3 Å². The molecule has 2 aromatic carbocycles. The van der Waals surface area contributed by atoms with Crippen LogP contribution in [0.2, 0.25) is 0 Å². The lowest BCUT2D eigenvalue weighted by Crippen LogP contribution is -1.95. The van der Waals surface area contributed by atoms with E-state index in [9.17, 15) is 0 Å². The number of pyridine rings is 1. The number of hydrogen-bond donors (Lipinski definition) is 0. The molecule has 0 saturated carbocycles. The number of benzene rings is 2. The zero-order chi connectivity index (χ0) is 16.4. The Morgan fingerprint density at radius 1 is 0.917 bits per heavy atom. The van der Waals surface area contributed by atoms with Crippen molar-refractivity contribution in [3.8, 4) is 11.4 Å². The van der Waals surface area contributed by atoms with Gasteiger partial charge in [0.25, 0.3) is 0 Å². The van der Waals surface area contributed by atoms with Crippen molar-refractivity contribution >= 4 is 22.5 Å². The molecule has 5 heteroatoms. The molecule has 0 radical (unpaired) electrons. The van der Waals surface area contributed by atoms with Crippen molar-refractivity contribution < 1.29 is 0 Å². The molecular weight excluding hydrogens is 316 g/mol. The Balaban J connectivity index is 1.54. The summed E-state index contributed by atoms with van der Waals surface area (Å²) in [5, 5.41) is 12.1. The highest BCUT2D eigenvalue weighted by molar-refractivity contribution is 7.98. The lowest BCUT2D eigenvalue weighted by atomic mass is 10.1. The van der Waals surface area contributed by atoms with Gasteiger partial charge in [0, 0.05) is 30.8 Å². The van der Waals surface area contributed by atoms with Crippen molar-refractivity contribution in [2.24, 2.45) is 7.05 Å². The molecule has 0 aliphatic carbocycles. The Morgan fingerprint density at radius 3 is 2.54 bits per heavy atom. The Bertz CT molecular complexity index is 979. The maximum atomic E-state index is 4.33. The first-order valence-corrected chi connectivity index (χ1v) is 8.70. The number of rotatable bonds is 4. The van der Waals surface area contributed by atoms with Crippen LogP contribution in [0.3, 0.4) is 0 Å². The van der Waals surface area contributed by atoms with Gasteiger partial charge in [-0.2, -0.15) is 0 Å². The molecule has 0 amide bonds. The predicted molar refractivity (Wildman–Crippen MR) is 97.7 cm³/mol. The van der Waals surface area contributed by atoms with Crippen LogP contribution in [0.1, 0.15) is 5.56 Å². The summed E-state index contributed by atoms with van der Waals surface area (Å²) >= 11 is 1.70. The fraction of sp³-hybridized carbons (Fsp3) is 0.105. The van der Waals surface area contributed by atoms with Gasteiger partial charge in [0.05, 0.1) is 0 Å². The highest BCUT2D eigenvalue weighted by Crippen LogP contribution is 2.26. The van der Waals surface area contributed by atoms with Gasteiger partial charge in [-0.25, -0.2) is 0 Å². The average Bonchev–Trinajstić information content (AvgIpc) is 3.01. The second-order valence-electron chi connectivity index (χ2n) is 5.57. The molecule has 118 valence electrons. The van der Waals surface area contributed by atoms with Crippen molar-refractivity contribution in [2.75, 3.05) is 0 Å². The van der Waals surface area contributed by atoms with Gasteiger partial charge in [0.15, 0.2) is 11.0 Å². The molecule has 0 spiro atoms. The molecule has 0 aliphatic rings. The maximum Gasteiger partial charge on any atom is 0.191 e. The van der Waals surface area contributed by atoms with Crippen LogP contribution in [0.4, 0.5) is 0 Å². The van der Waals surface area contributed by atoms with Crippen LogP contribution in [0.25, 0.3) is 22.2 Å². The molecule has 0 aliphatic heterocycles. The van der Waals surface area contributed by atoms with E-state index in [1.54, 1.807) is 24.2 Å². The van der Waals surface area contributed by atoms with Crippen molar-refractivity contribution in [3.05, 3.63) is 72.6 Å². The summed E-state index contributed by atoms with van der Waals surface area (Å²) in [5.41, 5.74) is 2.31. The van der Waals surface area contributed by atoms with E-state index < -0.39 is 0 Å². The van der Waals surface area contributed by atoms with Crippen LogP contribution in [0.5, 0.6) is 0 Å². The summed E-state index contributed by atoms with van der Waals surface area (Å²) in [5.74, 6) is 1.73. The van der Waals surface area contributed by atoms with Gasteiger partial charge >= 0.3 is 0 Å². The Kier molecular flexibility index (Phi) is 4.01. The molecule has 0 saturated heterocycles. The topological polar surface area (TPSA) is 43.6 Å². The first kappa shape index (κ1) is 14.9. The van der Waals surface area contributed by atoms with Crippen molar-refractivity contribution in [2.45, 2.75) is 10.9 Å². The van der Waals surface area contributed by atoms with Crippen LogP contribution in [-0.4, -0.2) is 19.7 Å². The highest BCUT2D eigenvalue weighted by Gasteiger charge is 2.11. The molecule has 0 bridgehead atoms. The monoisotopic (exact) mass is 332 g/mol. The minimum absolute atomic E-state index is 0.860. The second kappa shape index (κ2) is 6.45. The lowest BCUT2D eigenvalue weighted by molar-refractivity contribution is 0.793. The smallest absolute Gasteiger partial charge is 0.191 e. The largest absolute Gasteiger partial charge is 0.305 e. The molecule has 4 aromatic rings. The fourth-order valence-corrected chi connectivity index (χ4v) is 3.52. The average molecular weight is 332 g/mol. The van der Waals surface area contributed by atoms with Crippen molar-refractivity contribution in [1.82, 2.24) is 19.7 Å². The zero-order valence-corrected chi connectivity index (χ0v) is 14.1. The van der Waals surface area contributed by atoms with Gasteiger partial charge in [-0.3, -0.25) is 4.98 Å². The summed E-state index contributed by atoms with van der Waals surface area (Å²) in [6, 6.07) is 18.9. The normalized spacial score (nSPS) is 11.0. The SMILES string of the molecule is Cn1c(SCc2ccc3ccccc3c2)nnc1-c1ccncc1. The lowest BCUT2D eigenvalue weighted by Gasteiger charge is -2.05. The van der Waals surface area contributed by atoms with Crippen LogP contribution < -0.4 is 0 Å². The van der Waals surface area contributed by atoms with E-state index in [1.807, 2.05) is 23.7 Å². The van der Waals surface area contributed by atoms with Crippen LogP contribution in [-0.2, 0) is 12.8 Å². The Hall–Kier alpha value is -2.66. The highest BCUT2D eigenvalue weighted by atomic mass is 32.2. The van der Waals surface area contributed by atoms with E-state index in [-0.39, 0.29) is 0 Å². The minimum atomic E-state index is 0.860. The van der Waals surface area contributed by atoms with Gasteiger partial charge < -0.3 is 4.57 Å². The molecule has 4 nitrogen and oxygen atoms in total. The fourth-order valence-electron chi connectivity index (χ4n) is 2.67. The minimum Gasteiger partial charge on any atom is -0.305 e.